The summed E-state index contributed by atoms with van der Waals surface area (Å²) < 4.78 is 6.08. The van der Waals surface area contributed by atoms with Gasteiger partial charge in [0.15, 0.2) is 13.4 Å². The molecule has 0 aliphatic heterocycles. The summed E-state index contributed by atoms with van der Waals surface area (Å²) in [4.78, 5) is 14.1. The van der Waals surface area contributed by atoms with Crippen LogP contribution in [0.2, 0.25) is 19.1 Å². The molecule has 5 heteroatoms. The normalized spacial score (nSPS) is 12.1. The van der Waals surface area contributed by atoms with Gasteiger partial charge in [-0.05, 0) is 46.1 Å². The van der Waals surface area contributed by atoms with Crippen molar-refractivity contribution in [3.05, 3.63) is 0 Å². The third kappa shape index (κ3) is 18.9. The van der Waals surface area contributed by atoms with E-state index in [0.717, 1.165) is 44.2 Å². The van der Waals surface area contributed by atoms with Gasteiger partial charge in [0, 0.05) is 25.3 Å². The van der Waals surface area contributed by atoms with Crippen LogP contribution in [0.5, 0.6) is 0 Å². The van der Waals surface area contributed by atoms with Gasteiger partial charge >= 0.3 is 0 Å². The van der Waals surface area contributed by atoms with Gasteiger partial charge in [-0.15, -0.1) is 0 Å². The van der Waals surface area contributed by atoms with E-state index < -0.39 is 8.32 Å². The van der Waals surface area contributed by atoms with Gasteiger partial charge in [0.2, 0.25) is 0 Å². The number of unbranched alkanes of at least 4 members (excludes halogenated alkanes) is 8. The Labute approximate surface area is 169 Å². The fourth-order valence-corrected chi connectivity index (χ4v) is 5.79. The van der Waals surface area contributed by atoms with Crippen LogP contribution >= 0.6 is 11.8 Å². The first-order chi connectivity index (χ1) is 12.4. The highest BCUT2D eigenvalue weighted by molar-refractivity contribution is 8.13. The zero-order valence-corrected chi connectivity index (χ0v) is 20.1. The topological polar surface area (TPSA) is 29.5 Å². The Kier molecular flexibility index (Phi) is 17.4. The highest BCUT2D eigenvalue weighted by atomic mass is 32.2. The molecule has 156 valence electrons. The highest BCUT2D eigenvalue weighted by Gasteiger charge is 2.21. The smallest absolute Gasteiger partial charge is 0.188 e. The molecule has 0 rings (SSSR count). The molecule has 0 saturated carbocycles. The van der Waals surface area contributed by atoms with E-state index in [4.69, 9.17) is 4.43 Å². The third-order valence-electron chi connectivity index (χ3n) is 4.70. The van der Waals surface area contributed by atoms with Crippen LogP contribution in [0.1, 0.15) is 77.6 Å². The number of likely N-dealkylation sites (N-methyl/N-ethyl adjacent to an activating group) is 1. The first-order valence-electron chi connectivity index (χ1n) is 10.8. The standard InChI is InChI=1S/C21H45NO2SSi/c1-6-7-8-9-10-11-12-13-14-16-21(23)25-19-15-20-26(4,5)24-18-17-22(2)3/h6-20H2,1-5H3. The molecule has 0 N–H and O–H groups in total. The number of hydrogen-bond acceptors (Lipinski definition) is 4. The van der Waals surface area contributed by atoms with Crippen molar-refractivity contribution in [1.82, 2.24) is 4.90 Å². The van der Waals surface area contributed by atoms with E-state index in [1.807, 2.05) is 0 Å². The third-order valence-corrected chi connectivity index (χ3v) is 8.26. The van der Waals surface area contributed by atoms with Crippen molar-refractivity contribution in [2.75, 3.05) is 33.0 Å². The number of rotatable bonds is 18. The summed E-state index contributed by atoms with van der Waals surface area (Å²) >= 11 is 1.54. The van der Waals surface area contributed by atoms with E-state index in [2.05, 4.69) is 39.0 Å². The Morgan fingerprint density at radius 3 is 2.08 bits per heavy atom. The molecule has 0 heterocycles. The fraction of sp³-hybridized carbons (Fsp3) is 0.952. The second kappa shape index (κ2) is 17.3. The molecule has 0 fully saturated rings. The van der Waals surface area contributed by atoms with Crippen molar-refractivity contribution in [1.29, 1.82) is 0 Å². The predicted octanol–water partition coefficient (Wildman–Crippen LogP) is 6.34. The van der Waals surface area contributed by atoms with Crippen molar-refractivity contribution in [3.63, 3.8) is 0 Å². The van der Waals surface area contributed by atoms with Crippen molar-refractivity contribution >= 4 is 25.2 Å². The van der Waals surface area contributed by atoms with Crippen LogP contribution in [0.3, 0.4) is 0 Å². The number of carbonyl (C=O) groups excluding carboxylic acids is 1. The molecule has 3 nitrogen and oxygen atoms in total. The van der Waals surface area contributed by atoms with Crippen LogP contribution in [0.15, 0.2) is 0 Å². The Hall–Kier alpha value is 0.157. The van der Waals surface area contributed by atoms with Gasteiger partial charge in [0.05, 0.1) is 0 Å². The second-order valence-corrected chi connectivity index (χ2v) is 13.8. The van der Waals surface area contributed by atoms with Gasteiger partial charge in [0.25, 0.3) is 0 Å². The Bertz CT molecular complexity index is 338. The zero-order chi connectivity index (χ0) is 19.7. The molecule has 0 radical (unpaired) electrons. The Balaban J connectivity index is 3.45. The monoisotopic (exact) mass is 403 g/mol. The van der Waals surface area contributed by atoms with Gasteiger partial charge in [-0.2, -0.15) is 0 Å². The molecule has 26 heavy (non-hydrogen) atoms. The first-order valence-corrected chi connectivity index (χ1v) is 14.9. The minimum atomic E-state index is -1.55. The van der Waals surface area contributed by atoms with Gasteiger partial charge in [0.1, 0.15) is 0 Å². The quantitative estimate of drug-likeness (QED) is 0.197. The maximum Gasteiger partial charge on any atom is 0.188 e. The van der Waals surface area contributed by atoms with Crippen LogP contribution in [-0.4, -0.2) is 51.3 Å². The van der Waals surface area contributed by atoms with Crippen molar-refractivity contribution in [2.24, 2.45) is 0 Å². The fourth-order valence-electron chi connectivity index (χ4n) is 2.91. The highest BCUT2D eigenvalue weighted by Crippen LogP contribution is 2.18. The van der Waals surface area contributed by atoms with Gasteiger partial charge in [-0.3, -0.25) is 4.79 Å². The van der Waals surface area contributed by atoms with Crippen LogP contribution < -0.4 is 0 Å². The van der Waals surface area contributed by atoms with Gasteiger partial charge in [-0.1, -0.05) is 70.1 Å². The molecule has 0 bridgehead atoms. The first kappa shape index (κ1) is 26.2. The van der Waals surface area contributed by atoms with Crippen LogP contribution in [0.25, 0.3) is 0 Å². The molecule has 0 saturated heterocycles. The Morgan fingerprint density at radius 1 is 0.923 bits per heavy atom. The van der Waals surface area contributed by atoms with Crippen molar-refractivity contribution < 1.29 is 9.22 Å². The summed E-state index contributed by atoms with van der Waals surface area (Å²) in [5.74, 6) is 0.962. The second-order valence-electron chi connectivity index (χ2n) is 8.31. The number of thioether (sulfide) groups is 1. The molecule has 0 aliphatic carbocycles. The Morgan fingerprint density at radius 2 is 1.50 bits per heavy atom. The van der Waals surface area contributed by atoms with Crippen LogP contribution in [0.4, 0.5) is 0 Å². The molecule has 0 unspecified atom stereocenters. The summed E-state index contributed by atoms with van der Waals surface area (Å²) in [6, 6.07) is 1.15. The van der Waals surface area contributed by atoms with Gasteiger partial charge < -0.3 is 9.33 Å². The van der Waals surface area contributed by atoms with Crippen molar-refractivity contribution in [3.8, 4) is 0 Å². The molecule has 0 aliphatic rings. The lowest BCUT2D eigenvalue weighted by molar-refractivity contribution is -0.111. The number of nitrogens with zero attached hydrogens (tertiary/aromatic N) is 1. The molecular formula is C21H45NO2SSi. The maximum absolute atomic E-state index is 12.0. The minimum absolute atomic E-state index is 0.390. The number of carbonyl (C=O) groups is 1. The van der Waals surface area contributed by atoms with E-state index >= 15 is 0 Å². The van der Waals surface area contributed by atoms with Gasteiger partial charge in [-0.25, -0.2) is 0 Å². The summed E-state index contributed by atoms with van der Waals surface area (Å²) in [7, 11) is 2.61. The average Bonchev–Trinajstić information content (AvgIpc) is 2.57. The molecule has 0 atom stereocenters. The van der Waals surface area contributed by atoms with Crippen molar-refractivity contribution in [2.45, 2.75) is 96.7 Å². The van der Waals surface area contributed by atoms with Crippen LogP contribution in [0, 0.1) is 0 Å². The summed E-state index contributed by atoms with van der Waals surface area (Å²) in [5.41, 5.74) is 0. The van der Waals surface area contributed by atoms with E-state index in [1.165, 1.54) is 51.4 Å². The number of hydrogen-bond donors (Lipinski definition) is 0. The average molecular weight is 404 g/mol. The maximum atomic E-state index is 12.0. The summed E-state index contributed by atoms with van der Waals surface area (Å²) in [6.07, 6.45) is 13.7. The predicted molar refractivity (Wildman–Crippen MR) is 121 cm³/mol. The lowest BCUT2D eigenvalue weighted by Gasteiger charge is -2.23. The lowest BCUT2D eigenvalue weighted by Crippen LogP contribution is -2.33. The van der Waals surface area contributed by atoms with E-state index in [1.54, 1.807) is 11.8 Å². The largest absolute Gasteiger partial charge is 0.416 e. The van der Waals surface area contributed by atoms with E-state index in [-0.39, 0.29) is 0 Å². The summed E-state index contributed by atoms with van der Waals surface area (Å²) in [6.45, 7) is 8.66. The molecule has 0 spiro atoms. The SMILES string of the molecule is CCCCCCCCCCCC(=O)SCCC[Si](C)(C)OCCN(C)C. The summed E-state index contributed by atoms with van der Waals surface area (Å²) in [5, 5.41) is 0.390. The molecule has 0 amide bonds. The lowest BCUT2D eigenvalue weighted by atomic mass is 10.1. The molecule has 0 aromatic carbocycles. The van der Waals surface area contributed by atoms with E-state index in [0.29, 0.717) is 5.12 Å². The molecule has 0 aromatic rings. The van der Waals surface area contributed by atoms with Crippen LogP contribution in [-0.2, 0) is 9.22 Å². The minimum Gasteiger partial charge on any atom is -0.416 e. The zero-order valence-electron chi connectivity index (χ0n) is 18.3. The van der Waals surface area contributed by atoms with E-state index in [9.17, 15) is 4.79 Å². The molecular weight excluding hydrogens is 358 g/mol. The molecule has 0 aromatic heterocycles.